The van der Waals surface area contributed by atoms with Crippen molar-refractivity contribution in [2.75, 3.05) is 5.32 Å². The van der Waals surface area contributed by atoms with E-state index in [2.05, 4.69) is 21.2 Å². The van der Waals surface area contributed by atoms with E-state index >= 15 is 0 Å². The second-order valence-corrected chi connectivity index (χ2v) is 9.69. The predicted octanol–water partition coefficient (Wildman–Crippen LogP) is 4.46. The van der Waals surface area contributed by atoms with E-state index in [-0.39, 0.29) is 41.9 Å². The van der Waals surface area contributed by atoms with Crippen molar-refractivity contribution in [3.8, 4) is 0 Å². The standard InChI is InChI=1S/C24H20BrClN2O3/c25-16-8-9-18(17(26)12-16)27-22(29)19(10-13-4-2-1-3-5-13)28-23(30)20-14-6-7-15(11-14)21(20)24(28)31/h1-9,12,14-15,19-21H,10-11H2,(H,27,29)/t14-,15-,19+,20-,21-/m0/s1. The van der Waals surface area contributed by atoms with Crippen molar-refractivity contribution in [3.63, 3.8) is 0 Å². The molecule has 2 bridgehead atoms. The third-order valence-corrected chi connectivity index (χ3v) is 7.39. The van der Waals surface area contributed by atoms with E-state index in [4.69, 9.17) is 11.6 Å². The first-order chi connectivity index (χ1) is 14.9. The Kier molecular flexibility index (Phi) is 5.22. The van der Waals surface area contributed by atoms with E-state index in [1.54, 1.807) is 18.2 Å². The molecule has 3 amide bonds. The van der Waals surface area contributed by atoms with Crippen molar-refractivity contribution in [3.05, 3.63) is 75.7 Å². The Morgan fingerprint density at radius 1 is 1.06 bits per heavy atom. The van der Waals surface area contributed by atoms with Gasteiger partial charge in [-0.15, -0.1) is 0 Å². The van der Waals surface area contributed by atoms with Crippen LogP contribution in [0.1, 0.15) is 12.0 Å². The number of nitrogens with one attached hydrogen (secondary N) is 1. The molecule has 2 aliphatic carbocycles. The largest absolute Gasteiger partial charge is 0.323 e. The number of nitrogens with zero attached hydrogens (tertiary/aromatic N) is 1. The van der Waals surface area contributed by atoms with Crippen LogP contribution in [0.15, 0.2) is 65.2 Å². The van der Waals surface area contributed by atoms with Gasteiger partial charge in [0.05, 0.1) is 22.5 Å². The highest BCUT2D eigenvalue weighted by molar-refractivity contribution is 9.10. The summed E-state index contributed by atoms with van der Waals surface area (Å²) in [5.74, 6) is -1.38. The minimum absolute atomic E-state index is 0.0952. The van der Waals surface area contributed by atoms with Crippen LogP contribution < -0.4 is 5.32 Å². The lowest BCUT2D eigenvalue weighted by atomic mass is 9.85. The third-order valence-electron chi connectivity index (χ3n) is 6.58. The van der Waals surface area contributed by atoms with E-state index in [1.165, 1.54) is 4.90 Å². The molecule has 5 nitrogen and oxygen atoms in total. The lowest BCUT2D eigenvalue weighted by Gasteiger charge is -2.27. The van der Waals surface area contributed by atoms with Crippen LogP contribution >= 0.6 is 27.5 Å². The van der Waals surface area contributed by atoms with Crippen LogP contribution in [-0.2, 0) is 20.8 Å². The lowest BCUT2D eigenvalue weighted by Crippen LogP contribution is -2.49. The fraction of sp³-hybridized carbons (Fsp3) is 0.292. The molecule has 1 saturated heterocycles. The molecule has 2 aromatic rings. The Hall–Kier alpha value is -2.44. The number of benzene rings is 2. The number of carbonyl (C=O) groups is 3. The molecule has 2 fully saturated rings. The molecule has 0 aromatic heterocycles. The molecule has 1 N–H and O–H groups in total. The molecule has 5 rings (SSSR count). The number of amides is 3. The molecule has 0 spiro atoms. The van der Waals surface area contributed by atoms with Gasteiger partial charge in [0.1, 0.15) is 6.04 Å². The second-order valence-electron chi connectivity index (χ2n) is 8.37. The molecule has 3 aliphatic rings. The van der Waals surface area contributed by atoms with Crippen LogP contribution in [0.3, 0.4) is 0 Å². The summed E-state index contributed by atoms with van der Waals surface area (Å²) in [6.45, 7) is 0. The molecule has 0 unspecified atom stereocenters. The quantitative estimate of drug-likeness (QED) is 0.488. The average molecular weight is 500 g/mol. The van der Waals surface area contributed by atoms with Gasteiger partial charge >= 0.3 is 0 Å². The molecule has 0 radical (unpaired) electrons. The number of hydrogen-bond acceptors (Lipinski definition) is 3. The molecule has 7 heteroatoms. The van der Waals surface area contributed by atoms with Crippen LogP contribution in [0.5, 0.6) is 0 Å². The molecular weight excluding hydrogens is 480 g/mol. The SMILES string of the molecule is O=C(Nc1ccc(Br)cc1Cl)[C@@H](Cc1ccccc1)N1C(=O)[C@@H]2[C@@H](C1=O)[C@H]1C=C[C@H]2C1. The summed E-state index contributed by atoms with van der Waals surface area (Å²) in [5, 5.41) is 3.20. The number of likely N-dealkylation sites (tertiary alicyclic amines) is 1. The Morgan fingerprint density at radius 3 is 2.32 bits per heavy atom. The molecule has 158 valence electrons. The van der Waals surface area contributed by atoms with Gasteiger partial charge in [-0.3, -0.25) is 19.3 Å². The molecule has 1 heterocycles. The first-order valence-electron chi connectivity index (χ1n) is 10.3. The molecule has 2 aromatic carbocycles. The number of halogens is 2. The summed E-state index contributed by atoms with van der Waals surface area (Å²) in [5.41, 5.74) is 1.32. The van der Waals surface area contributed by atoms with Crippen LogP contribution in [0.2, 0.25) is 5.02 Å². The molecule has 1 aliphatic heterocycles. The zero-order chi connectivity index (χ0) is 21.7. The van der Waals surface area contributed by atoms with E-state index in [0.717, 1.165) is 16.5 Å². The number of allylic oxidation sites excluding steroid dienone is 2. The van der Waals surface area contributed by atoms with Gasteiger partial charge in [-0.2, -0.15) is 0 Å². The van der Waals surface area contributed by atoms with Gasteiger partial charge in [0.15, 0.2) is 0 Å². The Balaban J connectivity index is 1.47. The van der Waals surface area contributed by atoms with Crippen molar-refractivity contribution in [2.24, 2.45) is 23.7 Å². The Morgan fingerprint density at radius 2 is 1.71 bits per heavy atom. The highest BCUT2D eigenvalue weighted by Crippen LogP contribution is 2.53. The van der Waals surface area contributed by atoms with Crippen LogP contribution in [0.4, 0.5) is 5.69 Å². The zero-order valence-corrected chi connectivity index (χ0v) is 18.8. The normalized spacial score (nSPS) is 27.0. The maximum Gasteiger partial charge on any atom is 0.248 e. The number of rotatable bonds is 5. The van der Waals surface area contributed by atoms with Gasteiger partial charge in [0.2, 0.25) is 17.7 Å². The summed E-state index contributed by atoms with van der Waals surface area (Å²) in [6.07, 6.45) is 5.20. The number of hydrogen-bond donors (Lipinski definition) is 1. The number of fused-ring (bicyclic) bond motifs is 5. The zero-order valence-electron chi connectivity index (χ0n) is 16.5. The summed E-state index contributed by atoms with van der Waals surface area (Å²) < 4.78 is 0.789. The van der Waals surface area contributed by atoms with E-state index in [9.17, 15) is 14.4 Å². The van der Waals surface area contributed by atoms with Gasteiger partial charge in [-0.05, 0) is 42.0 Å². The Bertz CT molecular complexity index is 1070. The van der Waals surface area contributed by atoms with Crippen molar-refractivity contribution in [1.82, 2.24) is 4.90 Å². The fourth-order valence-electron chi connectivity index (χ4n) is 5.18. The van der Waals surface area contributed by atoms with Crippen molar-refractivity contribution >= 4 is 50.9 Å². The average Bonchev–Trinajstić information content (AvgIpc) is 3.43. The Labute approximate surface area is 193 Å². The van der Waals surface area contributed by atoms with Crippen LogP contribution in [-0.4, -0.2) is 28.7 Å². The number of anilines is 1. The van der Waals surface area contributed by atoms with Gasteiger partial charge in [0.25, 0.3) is 0 Å². The predicted molar refractivity (Wildman–Crippen MR) is 121 cm³/mol. The molecule has 5 atom stereocenters. The van der Waals surface area contributed by atoms with E-state index < -0.39 is 11.9 Å². The maximum atomic E-state index is 13.4. The number of imide groups is 1. The van der Waals surface area contributed by atoms with Crippen LogP contribution in [0.25, 0.3) is 0 Å². The minimum Gasteiger partial charge on any atom is -0.323 e. The monoisotopic (exact) mass is 498 g/mol. The summed E-state index contributed by atoms with van der Waals surface area (Å²) >= 11 is 9.63. The van der Waals surface area contributed by atoms with Crippen LogP contribution in [0, 0.1) is 23.7 Å². The van der Waals surface area contributed by atoms with Gasteiger partial charge in [-0.25, -0.2) is 0 Å². The molecular formula is C24H20BrClN2O3. The van der Waals surface area contributed by atoms with Crippen molar-refractivity contribution in [1.29, 1.82) is 0 Å². The highest BCUT2D eigenvalue weighted by Gasteiger charge is 2.61. The maximum absolute atomic E-state index is 13.4. The molecule has 1 saturated carbocycles. The van der Waals surface area contributed by atoms with Gasteiger partial charge in [-0.1, -0.05) is 70.0 Å². The molecule has 31 heavy (non-hydrogen) atoms. The fourth-order valence-corrected chi connectivity index (χ4v) is 5.90. The third kappa shape index (κ3) is 3.52. The number of carbonyl (C=O) groups excluding carboxylic acids is 3. The topological polar surface area (TPSA) is 66.5 Å². The smallest absolute Gasteiger partial charge is 0.248 e. The van der Waals surface area contributed by atoms with Gasteiger partial charge < -0.3 is 5.32 Å². The highest BCUT2D eigenvalue weighted by atomic mass is 79.9. The summed E-state index contributed by atoms with van der Waals surface area (Å²) in [6, 6.07) is 13.6. The lowest BCUT2D eigenvalue weighted by molar-refractivity contribution is -0.147. The van der Waals surface area contributed by atoms with Crippen molar-refractivity contribution in [2.45, 2.75) is 18.9 Å². The van der Waals surface area contributed by atoms with E-state index in [1.807, 2.05) is 42.5 Å². The summed E-state index contributed by atoms with van der Waals surface area (Å²) in [7, 11) is 0. The van der Waals surface area contributed by atoms with Gasteiger partial charge in [0, 0.05) is 10.9 Å². The van der Waals surface area contributed by atoms with Crippen molar-refractivity contribution < 1.29 is 14.4 Å². The minimum atomic E-state index is -0.938. The first kappa shape index (κ1) is 20.5. The summed E-state index contributed by atoms with van der Waals surface area (Å²) in [4.78, 5) is 41.3. The second kappa shape index (κ2) is 7.92. The van der Waals surface area contributed by atoms with E-state index in [0.29, 0.717) is 10.7 Å². The first-order valence-corrected chi connectivity index (χ1v) is 11.5.